The molecule has 2 aromatic carbocycles. The maximum Gasteiger partial charge on any atom is 0.193 e. The fourth-order valence-electron chi connectivity index (χ4n) is 2.23. The Labute approximate surface area is 142 Å². The second-order valence-corrected chi connectivity index (χ2v) is 5.93. The highest BCUT2D eigenvalue weighted by molar-refractivity contribution is 9.12. The highest BCUT2D eigenvalue weighted by Gasteiger charge is 2.19. The third kappa shape index (κ3) is 3.66. The number of benzene rings is 2. The second-order valence-electron chi connectivity index (χ2n) is 5.08. The van der Waals surface area contributed by atoms with Gasteiger partial charge in [-0.15, -0.1) is 0 Å². The van der Waals surface area contributed by atoms with E-state index in [-0.39, 0.29) is 16.0 Å². The minimum absolute atomic E-state index is 0.186. The first-order valence-electron chi connectivity index (χ1n) is 7.08. The Morgan fingerprint density at radius 1 is 0.826 bits per heavy atom. The van der Waals surface area contributed by atoms with Gasteiger partial charge in [0.25, 0.3) is 0 Å². The summed E-state index contributed by atoms with van der Waals surface area (Å²) in [5, 5.41) is 0. The van der Waals surface area contributed by atoms with Crippen molar-refractivity contribution in [3.05, 3.63) is 82.4 Å². The van der Waals surface area contributed by atoms with Crippen LogP contribution in [0.4, 0.5) is 0 Å². The lowest BCUT2D eigenvalue weighted by Crippen LogP contribution is -2.09. The van der Waals surface area contributed by atoms with Gasteiger partial charge in [-0.25, -0.2) is 0 Å². The van der Waals surface area contributed by atoms with Crippen LogP contribution in [0.2, 0.25) is 0 Å². The van der Waals surface area contributed by atoms with Crippen molar-refractivity contribution in [2.45, 2.75) is 6.61 Å². The number of rotatable bonds is 4. The van der Waals surface area contributed by atoms with Gasteiger partial charge >= 0.3 is 0 Å². The number of hydrogen-bond donors (Lipinski definition) is 0. The molecule has 0 atom stereocenters. The smallest absolute Gasteiger partial charge is 0.193 e. The van der Waals surface area contributed by atoms with E-state index in [1.807, 2.05) is 30.3 Å². The van der Waals surface area contributed by atoms with Crippen molar-refractivity contribution in [1.29, 1.82) is 0 Å². The summed E-state index contributed by atoms with van der Waals surface area (Å²) >= 11 is 3.07. The zero-order valence-corrected chi connectivity index (χ0v) is 13.7. The predicted molar refractivity (Wildman–Crippen MR) is 92.2 cm³/mol. The molecule has 0 heterocycles. The van der Waals surface area contributed by atoms with Crippen LogP contribution in [0.1, 0.15) is 11.1 Å². The van der Waals surface area contributed by atoms with Crippen molar-refractivity contribution in [3.63, 3.8) is 0 Å². The Morgan fingerprint density at radius 3 is 2.22 bits per heavy atom. The van der Waals surface area contributed by atoms with Crippen molar-refractivity contribution in [2.75, 3.05) is 0 Å². The highest BCUT2D eigenvalue weighted by atomic mass is 79.9. The van der Waals surface area contributed by atoms with E-state index < -0.39 is 0 Å². The summed E-state index contributed by atoms with van der Waals surface area (Å²) in [6.07, 6.45) is 2.66. The second kappa shape index (κ2) is 6.75. The lowest BCUT2D eigenvalue weighted by atomic mass is 9.96. The van der Waals surface area contributed by atoms with Gasteiger partial charge in [0.1, 0.15) is 12.4 Å². The quantitative estimate of drug-likeness (QED) is 0.763. The van der Waals surface area contributed by atoms with Gasteiger partial charge in [-0.2, -0.15) is 0 Å². The third-order valence-corrected chi connectivity index (χ3v) is 4.07. The van der Waals surface area contributed by atoms with Crippen LogP contribution in [0.25, 0.3) is 5.57 Å². The summed E-state index contributed by atoms with van der Waals surface area (Å²) < 4.78 is 5.99. The zero-order chi connectivity index (χ0) is 16.2. The SMILES string of the molecule is O=C1C=C(c2ccc(OCc3ccccc3)cc2)C(=O)C=C1Br. The molecule has 0 saturated heterocycles. The summed E-state index contributed by atoms with van der Waals surface area (Å²) in [5.41, 5.74) is 2.18. The summed E-state index contributed by atoms with van der Waals surface area (Å²) in [5.74, 6) is 0.322. The van der Waals surface area contributed by atoms with Gasteiger partial charge in [0.15, 0.2) is 11.6 Å². The monoisotopic (exact) mass is 368 g/mol. The van der Waals surface area contributed by atoms with Crippen LogP contribution in [0.15, 0.2) is 71.2 Å². The molecule has 3 nitrogen and oxygen atoms in total. The molecule has 0 aliphatic heterocycles. The van der Waals surface area contributed by atoms with Crippen LogP contribution in [0, 0.1) is 0 Å². The molecule has 0 N–H and O–H groups in total. The van der Waals surface area contributed by atoms with E-state index in [2.05, 4.69) is 15.9 Å². The van der Waals surface area contributed by atoms with Crippen molar-refractivity contribution in [3.8, 4) is 5.75 Å². The summed E-state index contributed by atoms with van der Waals surface area (Å²) in [4.78, 5) is 23.7. The van der Waals surface area contributed by atoms with Crippen molar-refractivity contribution < 1.29 is 14.3 Å². The van der Waals surface area contributed by atoms with Crippen LogP contribution in [-0.4, -0.2) is 11.6 Å². The van der Waals surface area contributed by atoms with Crippen molar-refractivity contribution in [2.24, 2.45) is 0 Å². The maximum absolute atomic E-state index is 12.0. The molecular weight excluding hydrogens is 356 g/mol. The van der Waals surface area contributed by atoms with E-state index >= 15 is 0 Å². The Kier molecular flexibility index (Phi) is 4.53. The van der Waals surface area contributed by atoms with Gasteiger partial charge in [0.05, 0.1) is 4.48 Å². The molecule has 1 aliphatic carbocycles. The number of carbonyl (C=O) groups is 2. The van der Waals surface area contributed by atoms with Gasteiger partial charge < -0.3 is 4.74 Å². The van der Waals surface area contributed by atoms with E-state index in [9.17, 15) is 9.59 Å². The van der Waals surface area contributed by atoms with E-state index in [4.69, 9.17) is 4.74 Å². The number of allylic oxidation sites excluding steroid dienone is 4. The molecule has 0 aromatic heterocycles. The Bertz CT molecular complexity index is 802. The average molecular weight is 369 g/mol. The Balaban J connectivity index is 1.71. The summed E-state index contributed by atoms with van der Waals surface area (Å²) in [6, 6.07) is 17.0. The molecule has 0 amide bonds. The van der Waals surface area contributed by atoms with Crippen LogP contribution >= 0.6 is 15.9 Å². The van der Waals surface area contributed by atoms with Gasteiger partial charge in [-0.1, -0.05) is 42.5 Å². The van der Waals surface area contributed by atoms with Crippen LogP contribution in [-0.2, 0) is 16.2 Å². The summed E-state index contributed by atoms with van der Waals surface area (Å²) in [7, 11) is 0. The molecule has 3 rings (SSSR count). The number of ether oxygens (including phenoxy) is 1. The maximum atomic E-state index is 12.0. The molecular formula is C19H13BrO3. The topological polar surface area (TPSA) is 43.4 Å². The van der Waals surface area contributed by atoms with Crippen molar-refractivity contribution >= 4 is 33.1 Å². The first-order valence-corrected chi connectivity index (χ1v) is 7.87. The van der Waals surface area contributed by atoms with E-state index in [0.29, 0.717) is 23.5 Å². The molecule has 0 saturated carbocycles. The molecule has 1 aliphatic rings. The average Bonchev–Trinajstić information content (AvgIpc) is 2.58. The van der Waals surface area contributed by atoms with Gasteiger partial charge in [-0.3, -0.25) is 9.59 Å². The molecule has 4 heteroatoms. The number of halogens is 1. The predicted octanol–water partition coefficient (Wildman–Crippen LogP) is 4.08. The fourth-order valence-corrected chi connectivity index (χ4v) is 2.55. The highest BCUT2D eigenvalue weighted by Crippen LogP contribution is 2.25. The molecule has 114 valence electrons. The zero-order valence-electron chi connectivity index (χ0n) is 12.2. The molecule has 2 aromatic rings. The van der Waals surface area contributed by atoms with Crippen LogP contribution in [0.3, 0.4) is 0 Å². The largest absolute Gasteiger partial charge is 0.489 e. The minimum atomic E-state index is -0.205. The number of carbonyl (C=O) groups excluding carboxylic acids is 2. The molecule has 0 radical (unpaired) electrons. The van der Waals surface area contributed by atoms with Gasteiger partial charge in [-0.05, 0) is 45.3 Å². The van der Waals surface area contributed by atoms with Crippen LogP contribution < -0.4 is 4.74 Å². The molecule has 0 fully saturated rings. The molecule has 0 spiro atoms. The fraction of sp³-hybridized carbons (Fsp3) is 0.0526. The Hall–Kier alpha value is -2.46. The van der Waals surface area contributed by atoms with E-state index in [0.717, 1.165) is 5.56 Å². The lowest BCUT2D eigenvalue weighted by Gasteiger charge is -2.10. The van der Waals surface area contributed by atoms with Crippen LogP contribution in [0.5, 0.6) is 5.75 Å². The molecule has 0 bridgehead atoms. The molecule has 23 heavy (non-hydrogen) atoms. The first-order chi connectivity index (χ1) is 11.1. The van der Waals surface area contributed by atoms with Crippen molar-refractivity contribution in [1.82, 2.24) is 0 Å². The normalized spacial score (nSPS) is 14.3. The van der Waals surface area contributed by atoms with Gasteiger partial charge in [0, 0.05) is 11.6 Å². The summed E-state index contributed by atoms with van der Waals surface area (Å²) in [6.45, 7) is 0.482. The standard InChI is InChI=1S/C19H13BrO3/c20-17-11-18(21)16(10-19(17)22)14-6-8-15(9-7-14)23-12-13-4-2-1-3-5-13/h1-11H,12H2. The first kappa shape index (κ1) is 15.4. The molecule has 0 unspecified atom stereocenters. The Morgan fingerprint density at radius 2 is 1.52 bits per heavy atom. The number of ketones is 2. The lowest BCUT2D eigenvalue weighted by molar-refractivity contribution is -0.113. The third-order valence-electron chi connectivity index (χ3n) is 3.45. The van der Waals surface area contributed by atoms with E-state index in [1.165, 1.54) is 12.2 Å². The van der Waals surface area contributed by atoms with Gasteiger partial charge in [0.2, 0.25) is 0 Å². The number of hydrogen-bond acceptors (Lipinski definition) is 3. The minimum Gasteiger partial charge on any atom is -0.489 e. The van der Waals surface area contributed by atoms with E-state index in [1.54, 1.807) is 24.3 Å².